The van der Waals surface area contributed by atoms with E-state index in [0.717, 1.165) is 17.1 Å². The first kappa shape index (κ1) is 13.4. The molecule has 0 bridgehead atoms. The summed E-state index contributed by atoms with van der Waals surface area (Å²) in [6.45, 7) is 3.47. The van der Waals surface area contributed by atoms with E-state index in [1.54, 1.807) is 0 Å². The molecule has 0 heterocycles. The molecule has 0 saturated heterocycles. The number of nitrogens with zero attached hydrogens (tertiary/aromatic N) is 1. The third-order valence-corrected chi connectivity index (χ3v) is 3.61. The molecule has 16 heavy (non-hydrogen) atoms. The molecule has 1 rings (SSSR count). The van der Waals surface area contributed by atoms with Gasteiger partial charge in [0, 0.05) is 28.9 Å². The van der Waals surface area contributed by atoms with E-state index >= 15 is 0 Å². The van der Waals surface area contributed by atoms with Gasteiger partial charge in [0.2, 0.25) is 0 Å². The van der Waals surface area contributed by atoms with Crippen molar-refractivity contribution in [1.29, 1.82) is 0 Å². The lowest BCUT2D eigenvalue weighted by Gasteiger charge is -2.05. The first-order valence-corrected chi connectivity index (χ1v) is 6.62. The van der Waals surface area contributed by atoms with Gasteiger partial charge in [-0.3, -0.25) is 0 Å². The average Bonchev–Trinajstić information content (AvgIpc) is 2.25. The summed E-state index contributed by atoms with van der Waals surface area (Å²) >= 11 is 4.66. The van der Waals surface area contributed by atoms with Crippen molar-refractivity contribution in [3.8, 4) is 0 Å². The third kappa shape index (κ3) is 3.72. The molecule has 0 amide bonds. The number of thioether (sulfide) groups is 1. The van der Waals surface area contributed by atoms with Crippen molar-refractivity contribution in [3.05, 3.63) is 48.2 Å². The predicted molar refractivity (Wildman–Crippen MR) is 69.3 cm³/mol. The Labute approximate surface area is 106 Å². The Morgan fingerprint density at radius 3 is 2.81 bits per heavy atom. The fraction of sp³-hybridized carbons (Fsp3) is 0.182. The zero-order chi connectivity index (χ0) is 12.0. The molecule has 0 aliphatic rings. The SMILES string of the molecule is C=C/N=C(\SCCBr)c1ccc(F)cc1F. The van der Waals surface area contributed by atoms with Crippen molar-refractivity contribution in [3.63, 3.8) is 0 Å². The van der Waals surface area contributed by atoms with Gasteiger partial charge in [0.05, 0.1) is 0 Å². The molecule has 0 aromatic heterocycles. The van der Waals surface area contributed by atoms with Gasteiger partial charge in [-0.25, -0.2) is 13.8 Å². The number of hydrogen-bond donors (Lipinski definition) is 0. The Bertz CT molecular complexity index is 407. The molecule has 0 unspecified atom stereocenters. The molecule has 1 aromatic carbocycles. The molecular formula is C11H10BrF2NS. The van der Waals surface area contributed by atoms with Gasteiger partial charge in [-0.05, 0) is 12.1 Å². The number of halogens is 3. The van der Waals surface area contributed by atoms with Gasteiger partial charge in [-0.2, -0.15) is 0 Å². The highest BCUT2D eigenvalue weighted by Crippen LogP contribution is 2.18. The molecule has 0 atom stereocenters. The van der Waals surface area contributed by atoms with Gasteiger partial charge >= 0.3 is 0 Å². The molecule has 86 valence electrons. The molecule has 0 saturated carbocycles. The molecule has 0 aliphatic heterocycles. The quantitative estimate of drug-likeness (QED) is 0.465. The van der Waals surface area contributed by atoms with E-state index in [9.17, 15) is 8.78 Å². The van der Waals surface area contributed by atoms with Gasteiger partial charge in [0.15, 0.2) is 0 Å². The summed E-state index contributed by atoms with van der Waals surface area (Å²) < 4.78 is 26.2. The van der Waals surface area contributed by atoms with Gasteiger partial charge in [0.1, 0.15) is 16.7 Å². The van der Waals surface area contributed by atoms with Crippen LogP contribution in [0, 0.1) is 11.6 Å². The van der Waals surface area contributed by atoms with Crippen LogP contribution >= 0.6 is 27.7 Å². The van der Waals surface area contributed by atoms with Crippen LogP contribution in [0.2, 0.25) is 0 Å². The molecular weight excluding hydrogens is 296 g/mol. The van der Waals surface area contributed by atoms with Crippen LogP contribution < -0.4 is 0 Å². The zero-order valence-corrected chi connectivity index (χ0v) is 10.8. The minimum Gasteiger partial charge on any atom is -0.250 e. The van der Waals surface area contributed by atoms with Crippen molar-refractivity contribution in [1.82, 2.24) is 0 Å². The van der Waals surface area contributed by atoms with Gasteiger partial charge in [0.25, 0.3) is 0 Å². The molecule has 5 heteroatoms. The number of aliphatic imine (C=N–C) groups is 1. The lowest BCUT2D eigenvalue weighted by molar-refractivity contribution is 0.582. The molecule has 0 N–H and O–H groups in total. The Balaban J connectivity index is 3.01. The van der Waals surface area contributed by atoms with E-state index in [1.165, 1.54) is 30.1 Å². The first-order valence-electron chi connectivity index (χ1n) is 4.52. The number of rotatable bonds is 4. The molecule has 0 spiro atoms. The first-order chi connectivity index (χ1) is 7.69. The van der Waals surface area contributed by atoms with Gasteiger partial charge < -0.3 is 0 Å². The number of hydrogen-bond acceptors (Lipinski definition) is 2. The lowest BCUT2D eigenvalue weighted by atomic mass is 10.2. The van der Waals surface area contributed by atoms with E-state index < -0.39 is 11.6 Å². The molecule has 0 fully saturated rings. The summed E-state index contributed by atoms with van der Waals surface area (Å²) in [5.74, 6) is -0.448. The Morgan fingerprint density at radius 2 is 2.25 bits per heavy atom. The number of alkyl halides is 1. The van der Waals surface area contributed by atoms with E-state index in [2.05, 4.69) is 27.5 Å². The minimum absolute atomic E-state index is 0.298. The average molecular weight is 306 g/mol. The Hall–Kier alpha value is -0.680. The second kappa shape index (κ2) is 6.81. The summed E-state index contributed by atoms with van der Waals surface area (Å²) in [6, 6.07) is 3.45. The van der Waals surface area contributed by atoms with E-state index in [1.807, 2.05) is 0 Å². The fourth-order valence-electron chi connectivity index (χ4n) is 1.07. The molecule has 0 radical (unpaired) electrons. The highest BCUT2D eigenvalue weighted by molar-refractivity contribution is 9.09. The maximum atomic E-state index is 13.5. The van der Waals surface area contributed by atoms with Crippen molar-refractivity contribution in [2.45, 2.75) is 0 Å². The van der Waals surface area contributed by atoms with Crippen molar-refractivity contribution in [2.24, 2.45) is 4.99 Å². The predicted octanol–water partition coefficient (Wildman–Crippen LogP) is 3.98. The van der Waals surface area contributed by atoms with Crippen LogP contribution in [0.5, 0.6) is 0 Å². The van der Waals surface area contributed by atoms with Crippen LogP contribution in [0.15, 0.2) is 36.0 Å². The third-order valence-electron chi connectivity index (χ3n) is 1.69. The summed E-state index contributed by atoms with van der Waals surface area (Å²) in [7, 11) is 0. The van der Waals surface area contributed by atoms with E-state index in [0.29, 0.717) is 10.6 Å². The van der Waals surface area contributed by atoms with Crippen molar-refractivity contribution >= 4 is 32.7 Å². The van der Waals surface area contributed by atoms with Crippen molar-refractivity contribution in [2.75, 3.05) is 11.1 Å². The van der Waals surface area contributed by atoms with Crippen LogP contribution in [-0.4, -0.2) is 16.1 Å². The highest BCUT2D eigenvalue weighted by atomic mass is 79.9. The summed E-state index contributed by atoms with van der Waals surface area (Å²) in [6.07, 6.45) is 1.35. The standard InChI is InChI=1S/C11H10BrF2NS/c1-2-15-11(16-6-5-12)9-4-3-8(13)7-10(9)14/h2-4,7H,1,5-6H2/b15-11-. The lowest BCUT2D eigenvalue weighted by Crippen LogP contribution is -2.01. The molecule has 1 nitrogen and oxygen atoms in total. The van der Waals surface area contributed by atoms with Gasteiger partial charge in [-0.15, -0.1) is 11.8 Å². The largest absolute Gasteiger partial charge is 0.250 e. The Morgan fingerprint density at radius 1 is 1.50 bits per heavy atom. The number of benzene rings is 1. The van der Waals surface area contributed by atoms with Crippen LogP contribution in [-0.2, 0) is 0 Å². The summed E-state index contributed by atoms with van der Waals surface area (Å²) in [5.41, 5.74) is 0.298. The maximum Gasteiger partial charge on any atom is 0.136 e. The highest BCUT2D eigenvalue weighted by Gasteiger charge is 2.10. The second-order valence-electron chi connectivity index (χ2n) is 2.78. The second-order valence-corrected chi connectivity index (χ2v) is 4.66. The smallest absolute Gasteiger partial charge is 0.136 e. The van der Waals surface area contributed by atoms with Gasteiger partial charge in [-0.1, -0.05) is 22.5 Å². The van der Waals surface area contributed by atoms with E-state index in [-0.39, 0.29) is 0 Å². The van der Waals surface area contributed by atoms with Crippen LogP contribution in [0.4, 0.5) is 8.78 Å². The van der Waals surface area contributed by atoms with Crippen molar-refractivity contribution < 1.29 is 8.78 Å². The van der Waals surface area contributed by atoms with Crippen LogP contribution in [0.3, 0.4) is 0 Å². The zero-order valence-electron chi connectivity index (χ0n) is 8.42. The molecule has 1 aromatic rings. The summed E-state index contributed by atoms with van der Waals surface area (Å²) in [5, 5.41) is 1.28. The minimum atomic E-state index is -0.609. The van der Waals surface area contributed by atoms with E-state index in [4.69, 9.17) is 0 Å². The maximum absolute atomic E-state index is 13.5. The fourth-order valence-corrected chi connectivity index (χ4v) is 2.29. The molecule has 0 aliphatic carbocycles. The Kier molecular flexibility index (Phi) is 5.69. The summed E-state index contributed by atoms with van der Waals surface area (Å²) in [4.78, 5) is 3.98. The normalized spacial score (nSPS) is 11.6. The topological polar surface area (TPSA) is 12.4 Å². The van der Waals surface area contributed by atoms with Crippen LogP contribution in [0.25, 0.3) is 0 Å². The van der Waals surface area contributed by atoms with Crippen LogP contribution in [0.1, 0.15) is 5.56 Å². The monoisotopic (exact) mass is 305 g/mol.